The standard InChI is InChI=1S/C20H25N3O5/c1-4-9-21(2)19(25)23-13-16(10-17(23)18(24)27-3)28-20(26)22-11-14-7-5-6-8-15(14)12-22/h4-8,16-17H,1,9-13H2,2-3H3/t16-,17+/m1/s1. The van der Waals surface area contributed by atoms with E-state index in [1.54, 1.807) is 18.0 Å². The van der Waals surface area contributed by atoms with Crippen molar-refractivity contribution in [3.63, 3.8) is 0 Å². The van der Waals surface area contributed by atoms with Crippen LogP contribution in [-0.2, 0) is 27.4 Å². The van der Waals surface area contributed by atoms with E-state index in [2.05, 4.69) is 6.58 Å². The molecule has 2 heterocycles. The zero-order valence-corrected chi connectivity index (χ0v) is 16.2. The number of carbonyl (C=O) groups excluding carboxylic acids is 3. The maximum atomic E-state index is 12.6. The lowest BCUT2D eigenvalue weighted by atomic mass is 10.1. The van der Waals surface area contributed by atoms with E-state index in [-0.39, 0.29) is 19.0 Å². The Morgan fingerprint density at radius 1 is 1.25 bits per heavy atom. The maximum absolute atomic E-state index is 12.6. The molecular weight excluding hydrogens is 362 g/mol. The lowest BCUT2D eigenvalue weighted by Crippen LogP contribution is -2.47. The molecule has 0 aromatic heterocycles. The van der Waals surface area contributed by atoms with Crippen molar-refractivity contribution in [2.45, 2.75) is 31.7 Å². The van der Waals surface area contributed by atoms with E-state index in [0.29, 0.717) is 19.6 Å². The van der Waals surface area contributed by atoms with Crippen LogP contribution in [0.1, 0.15) is 17.5 Å². The number of benzene rings is 1. The van der Waals surface area contributed by atoms with Crippen molar-refractivity contribution in [1.82, 2.24) is 14.7 Å². The summed E-state index contributed by atoms with van der Waals surface area (Å²) in [5.74, 6) is -0.521. The van der Waals surface area contributed by atoms with Crippen LogP contribution in [0.25, 0.3) is 0 Å². The van der Waals surface area contributed by atoms with Crippen LogP contribution in [0.5, 0.6) is 0 Å². The van der Waals surface area contributed by atoms with Gasteiger partial charge in [0.1, 0.15) is 12.1 Å². The fourth-order valence-corrected chi connectivity index (χ4v) is 3.62. The van der Waals surface area contributed by atoms with Gasteiger partial charge < -0.3 is 19.3 Å². The van der Waals surface area contributed by atoms with Gasteiger partial charge >= 0.3 is 18.1 Å². The quantitative estimate of drug-likeness (QED) is 0.583. The summed E-state index contributed by atoms with van der Waals surface area (Å²) in [4.78, 5) is 41.8. The monoisotopic (exact) mass is 387 g/mol. The molecule has 0 bridgehead atoms. The van der Waals surface area contributed by atoms with Crippen LogP contribution < -0.4 is 0 Å². The molecule has 0 spiro atoms. The Kier molecular flexibility index (Phi) is 5.87. The van der Waals surface area contributed by atoms with Crippen LogP contribution in [0.4, 0.5) is 9.59 Å². The first-order valence-corrected chi connectivity index (χ1v) is 9.17. The number of hydrogen-bond acceptors (Lipinski definition) is 5. The van der Waals surface area contributed by atoms with Gasteiger partial charge in [0.2, 0.25) is 0 Å². The average molecular weight is 387 g/mol. The van der Waals surface area contributed by atoms with Gasteiger partial charge in [0, 0.05) is 33.1 Å². The zero-order chi connectivity index (χ0) is 20.3. The topological polar surface area (TPSA) is 79.4 Å². The predicted molar refractivity (Wildman–Crippen MR) is 101 cm³/mol. The number of carbonyl (C=O) groups is 3. The summed E-state index contributed by atoms with van der Waals surface area (Å²) in [6.07, 6.45) is 0.802. The van der Waals surface area contributed by atoms with Gasteiger partial charge in [0.05, 0.1) is 13.7 Å². The fourth-order valence-electron chi connectivity index (χ4n) is 3.62. The molecular formula is C20H25N3O5. The summed E-state index contributed by atoms with van der Waals surface area (Å²) >= 11 is 0. The minimum Gasteiger partial charge on any atom is -0.467 e. The summed E-state index contributed by atoms with van der Waals surface area (Å²) < 4.78 is 10.4. The summed E-state index contributed by atoms with van der Waals surface area (Å²) in [6.45, 7) is 5.09. The van der Waals surface area contributed by atoms with E-state index in [4.69, 9.17) is 9.47 Å². The Balaban J connectivity index is 1.64. The highest BCUT2D eigenvalue weighted by molar-refractivity contribution is 5.84. The van der Waals surface area contributed by atoms with Gasteiger partial charge in [-0.2, -0.15) is 0 Å². The van der Waals surface area contributed by atoms with E-state index in [0.717, 1.165) is 11.1 Å². The Morgan fingerprint density at radius 2 is 1.89 bits per heavy atom. The van der Waals surface area contributed by atoms with Crippen molar-refractivity contribution >= 4 is 18.1 Å². The number of ether oxygens (including phenoxy) is 2. The fraction of sp³-hybridized carbons (Fsp3) is 0.450. The molecule has 1 saturated heterocycles. The van der Waals surface area contributed by atoms with E-state index < -0.39 is 24.2 Å². The van der Waals surface area contributed by atoms with Gasteiger partial charge in [-0.25, -0.2) is 14.4 Å². The third-order valence-electron chi connectivity index (χ3n) is 5.08. The third-order valence-corrected chi connectivity index (χ3v) is 5.08. The van der Waals surface area contributed by atoms with Gasteiger partial charge in [0.15, 0.2) is 0 Å². The van der Waals surface area contributed by atoms with Crippen LogP contribution in [0.3, 0.4) is 0 Å². The number of hydrogen-bond donors (Lipinski definition) is 0. The molecule has 0 aliphatic carbocycles. The molecule has 1 aromatic carbocycles. The Hall–Kier alpha value is -3.03. The smallest absolute Gasteiger partial charge is 0.410 e. The summed E-state index contributed by atoms with van der Waals surface area (Å²) in [7, 11) is 2.90. The number of esters is 1. The minimum absolute atomic E-state index is 0.145. The number of methoxy groups -OCH3 is 1. The number of rotatable bonds is 4. The van der Waals surface area contributed by atoms with Crippen molar-refractivity contribution in [2.24, 2.45) is 0 Å². The van der Waals surface area contributed by atoms with Crippen LogP contribution in [-0.4, -0.2) is 72.2 Å². The number of amides is 3. The van der Waals surface area contributed by atoms with Crippen LogP contribution >= 0.6 is 0 Å². The second-order valence-electron chi connectivity index (χ2n) is 7.01. The van der Waals surface area contributed by atoms with Crippen molar-refractivity contribution in [3.05, 3.63) is 48.0 Å². The SMILES string of the molecule is C=CCN(C)C(=O)N1C[C@H](OC(=O)N2Cc3ccccc3C2)C[C@H]1C(=O)OC. The summed E-state index contributed by atoms with van der Waals surface area (Å²) in [6, 6.07) is 6.74. The van der Waals surface area contributed by atoms with Crippen molar-refractivity contribution in [1.29, 1.82) is 0 Å². The summed E-state index contributed by atoms with van der Waals surface area (Å²) in [5, 5.41) is 0. The third kappa shape index (κ3) is 3.95. The zero-order valence-electron chi connectivity index (χ0n) is 16.2. The highest BCUT2D eigenvalue weighted by atomic mass is 16.6. The first-order valence-electron chi connectivity index (χ1n) is 9.17. The molecule has 0 saturated carbocycles. The molecule has 0 radical (unpaired) electrons. The van der Waals surface area contributed by atoms with E-state index >= 15 is 0 Å². The van der Waals surface area contributed by atoms with Gasteiger partial charge in [-0.3, -0.25) is 4.90 Å². The number of likely N-dealkylation sites (tertiary alicyclic amines) is 1. The van der Waals surface area contributed by atoms with Crippen molar-refractivity contribution in [2.75, 3.05) is 27.2 Å². The second kappa shape index (κ2) is 8.33. The number of fused-ring (bicyclic) bond motifs is 1. The van der Waals surface area contributed by atoms with Crippen LogP contribution in [0.2, 0.25) is 0 Å². The predicted octanol–water partition coefficient (Wildman–Crippen LogP) is 1.99. The van der Waals surface area contributed by atoms with Crippen LogP contribution in [0, 0.1) is 0 Å². The minimum atomic E-state index is -0.779. The van der Waals surface area contributed by atoms with Crippen molar-refractivity contribution in [3.8, 4) is 0 Å². The van der Waals surface area contributed by atoms with Crippen LogP contribution in [0.15, 0.2) is 36.9 Å². The van der Waals surface area contributed by atoms with Gasteiger partial charge in [-0.05, 0) is 11.1 Å². The molecule has 3 amide bonds. The van der Waals surface area contributed by atoms with Gasteiger partial charge in [0.25, 0.3) is 0 Å². The molecule has 8 nitrogen and oxygen atoms in total. The maximum Gasteiger partial charge on any atom is 0.410 e. The van der Waals surface area contributed by atoms with Crippen molar-refractivity contribution < 1.29 is 23.9 Å². The number of nitrogens with zero attached hydrogens (tertiary/aromatic N) is 3. The van der Waals surface area contributed by atoms with Gasteiger partial charge in [-0.1, -0.05) is 30.3 Å². The molecule has 28 heavy (non-hydrogen) atoms. The first-order chi connectivity index (χ1) is 13.4. The Bertz CT molecular complexity index is 756. The molecule has 3 rings (SSSR count). The van der Waals surface area contributed by atoms with E-state index in [1.807, 2.05) is 24.3 Å². The molecule has 8 heteroatoms. The normalized spacial score (nSPS) is 20.5. The number of urea groups is 1. The Labute approximate surface area is 164 Å². The molecule has 150 valence electrons. The lowest BCUT2D eigenvalue weighted by Gasteiger charge is -2.27. The molecule has 2 aliphatic heterocycles. The molecule has 2 aliphatic rings. The van der Waals surface area contributed by atoms with E-state index in [9.17, 15) is 14.4 Å². The second-order valence-corrected chi connectivity index (χ2v) is 7.01. The van der Waals surface area contributed by atoms with Gasteiger partial charge in [-0.15, -0.1) is 6.58 Å². The highest BCUT2D eigenvalue weighted by Crippen LogP contribution is 2.26. The van der Waals surface area contributed by atoms with E-state index in [1.165, 1.54) is 16.9 Å². The highest BCUT2D eigenvalue weighted by Gasteiger charge is 2.43. The molecule has 1 fully saturated rings. The molecule has 0 N–H and O–H groups in total. The average Bonchev–Trinajstić information content (AvgIpc) is 3.31. The number of likely N-dealkylation sites (N-methyl/N-ethyl adjacent to an activating group) is 1. The summed E-state index contributed by atoms with van der Waals surface area (Å²) in [5.41, 5.74) is 2.20. The molecule has 0 unspecified atom stereocenters. The Morgan fingerprint density at radius 3 is 2.46 bits per heavy atom. The molecule has 1 aromatic rings. The molecule has 2 atom stereocenters. The lowest BCUT2D eigenvalue weighted by molar-refractivity contribution is -0.145. The largest absolute Gasteiger partial charge is 0.467 e. The first kappa shape index (κ1) is 19.7.